The molecular formula is C19H20ClN5O. The van der Waals surface area contributed by atoms with Crippen LogP contribution in [0.1, 0.15) is 20.8 Å². The molecule has 3 rings (SSSR count). The number of pyridine rings is 1. The van der Waals surface area contributed by atoms with E-state index in [1.807, 2.05) is 39.0 Å². The number of halogens is 1. The molecule has 0 radical (unpaired) electrons. The molecule has 134 valence electrons. The molecule has 1 aromatic carbocycles. The lowest BCUT2D eigenvalue weighted by Crippen LogP contribution is -2.27. The highest BCUT2D eigenvalue weighted by Gasteiger charge is 2.14. The fourth-order valence-corrected chi connectivity index (χ4v) is 2.53. The molecule has 3 N–H and O–H groups in total. The highest BCUT2D eigenvalue weighted by atomic mass is 35.5. The van der Waals surface area contributed by atoms with Gasteiger partial charge in [-0.05, 0) is 45.0 Å². The quantitative estimate of drug-likeness (QED) is 0.570. The van der Waals surface area contributed by atoms with Crippen LogP contribution in [-0.4, -0.2) is 25.6 Å². The number of aromatic nitrogens is 3. The lowest BCUT2D eigenvalue weighted by molar-refractivity contribution is 0.475. The molecule has 6 nitrogen and oxygen atoms in total. The van der Waals surface area contributed by atoms with Crippen molar-refractivity contribution in [2.75, 3.05) is 10.6 Å². The van der Waals surface area contributed by atoms with Crippen LogP contribution in [0.25, 0.3) is 11.3 Å². The first-order valence-corrected chi connectivity index (χ1v) is 8.51. The molecule has 0 bridgehead atoms. The molecule has 0 aliphatic carbocycles. The van der Waals surface area contributed by atoms with Gasteiger partial charge in [0.25, 0.3) is 0 Å². The molecule has 0 spiro atoms. The van der Waals surface area contributed by atoms with E-state index in [-0.39, 0.29) is 11.3 Å². The van der Waals surface area contributed by atoms with Crippen LogP contribution in [0.2, 0.25) is 5.02 Å². The minimum absolute atomic E-state index is 0.106. The molecular weight excluding hydrogens is 350 g/mol. The number of hydrogen-bond donors (Lipinski definition) is 3. The molecule has 7 heteroatoms. The molecule has 0 unspecified atom stereocenters. The predicted molar refractivity (Wildman–Crippen MR) is 105 cm³/mol. The van der Waals surface area contributed by atoms with E-state index in [9.17, 15) is 5.11 Å². The van der Waals surface area contributed by atoms with Crippen molar-refractivity contribution in [3.63, 3.8) is 0 Å². The molecule has 0 saturated carbocycles. The van der Waals surface area contributed by atoms with E-state index < -0.39 is 0 Å². The lowest BCUT2D eigenvalue weighted by Gasteiger charge is -2.21. The standard InChI is InChI=1S/C19H20ClN5O/c1-19(2,3)25-18-23-16(12-5-4-8-21-11-12)10-17(24-18)22-15-7-6-13(26)9-14(15)20/h4-11,26H,1-3H3,(H2,22,23,24,25). The van der Waals surface area contributed by atoms with Crippen molar-refractivity contribution < 1.29 is 5.11 Å². The molecule has 2 aromatic heterocycles. The Hall–Kier alpha value is -2.86. The maximum absolute atomic E-state index is 9.51. The summed E-state index contributed by atoms with van der Waals surface area (Å²) in [6.07, 6.45) is 3.47. The largest absolute Gasteiger partial charge is 0.508 e. The van der Waals surface area contributed by atoms with E-state index >= 15 is 0 Å². The van der Waals surface area contributed by atoms with E-state index in [1.165, 1.54) is 6.07 Å². The van der Waals surface area contributed by atoms with Crippen LogP contribution in [-0.2, 0) is 0 Å². The van der Waals surface area contributed by atoms with Gasteiger partial charge in [-0.15, -0.1) is 0 Å². The molecule has 0 aliphatic rings. The second-order valence-electron chi connectivity index (χ2n) is 6.87. The van der Waals surface area contributed by atoms with Gasteiger partial charge in [-0.1, -0.05) is 11.6 Å². The second-order valence-corrected chi connectivity index (χ2v) is 7.28. The van der Waals surface area contributed by atoms with Crippen LogP contribution in [0.15, 0.2) is 48.8 Å². The molecule has 0 fully saturated rings. The molecule has 0 aliphatic heterocycles. The number of rotatable bonds is 4. The Morgan fingerprint density at radius 2 is 1.88 bits per heavy atom. The van der Waals surface area contributed by atoms with Crippen molar-refractivity contribution in [2.24, 2.45) is 0 Å². The summed E-state index contributed by atoms with van der Waals surface area (Å²) >= 11 is 6.19. The van der Waals surface area contributed by atoms with E-state index in [2.05, 4.69) is 25.6 Å². The first-order valence-electron chi connectivity index (χ1n) is 8.13. The Morgan fingerprint density at radius 3 is 2.54 bits per heavy atom. The number of benzene rings is 1. The van der Waals surface area contributed by atoms with Crippen molar-refractivity contribution in [1.29, 1.82) is 0 Å². The predicted octanol–water partition coefficient (Wildman–Crippen LogP) is 4.85. The van der Waals surface area contributed by atoms with Crippen LogP contribution < -0.4 is 10.6 Å². The maximum Gasteiger partial charge on any atom is 0.225 e. The highest BCUT2D eigenvalue weighted by molar-refractivity contribution is 6.33. The summed E-state index contributed by atoms with van der Waals surface area (Å²) in [7, 11) is 0. The number of anilines is 3. The lowest BCUT2D eigenvalue weighted by atomic mass is 10.1. The molecule has 0 saturated heterocycles. The fraction of sp³-hybridized carbons (Fsp3) is 0.211. The summed E-state index contributed by atoms with van der Waals surface area (Å²) in [5.41, 5.74) is 2.06. The summed E-state index contributed by atoms with van der Waals surface area (Å²) in [5, 5.41) is 16.4. The normalized spacial score (nSPS) is 11.2. The number of hydrogen-bond acceptors (Lipinski definition) is 6. The third-order valence-corrected chi connectivity index (χ3v) is 3.70. The number of aromatic hydroxyl groups is 1. The number of phenols is 1. The Kier molecular flexibility index (Phi) is 4.95. The van der Waals surface area contributed by atoms with Crippen molar-refractivity contribution in [3.8, 4) is 17.0 Å². The fourth-order valence-electron chi connectivity index (χ4n) is 2.31. The van der Waals surface area contributed by atoms with Gasteiger partial charge in [0.05, 0.1) is 16.4 Å². The van der Waals surface area contributed by atoms with Gasteiger partial charge in [0, 0.05) is 35.6 Å². The van der Waals surface area contributed by atoms with Gasteiger partial charge in [0.2, 0.25) is 5.95 Å². The Morgan fingerprint density at radius 1 is 1.08 bits per heavy atom. The highest BCUT2D eigenvalue weighted by Crippen LogP contribution is 2.30. The average molecular weight is 370 g/mol. The van der Waals surface area contributed by atoms with E-state index in [4.69, 9.17) is 11.6 Å². The monoisotopic (exact) mass is 369 g/mol. The van der Waals surface area contributed by atoms with Crippen LogP contribution >= 0.6 is 11.6 Å². The second kappa shape index (κ2) is 7.17. The number of nitrogens with one attached hydrogen (secondary N) is 2. The van der Waals surface area contributed by atoms with Crippen molar-refractivity contribution >= 4 is 29.1 Å². The van der Waals surface area contributed by atoms with Gasteiger partial charge in [0.15, 0.2) is 0 Å². The van der Waals surface area contributed by atoms with Crippen molar-refractivity contribution in [3.05, 3.63) is 53.8 Å². The SMILES string of the molecule is CC(C)(C)Nc1nc(Nc2ccc(O)cc2Cl)cc(-c2cccnc2)n1. The summed E-state index contributed by atoms with van der Waals surface area (Å²) in [5.74, 6) is 1.18. The summed E-state index contributed by atoms with van der Waals surface area (Å²) in [4.78, 5) is 13.3. The maximum atomic E-state index is 9.51. The number of nitrogens with zero attached hydrogens (tertiary/aromatic N) is 3. The van der Waals surface area contributed by atoms with Gasteiger partial charge in [-0.25, -0.2) is 4.98 Å². The van der Waals surface area contributed by atoms with E-state index in [0.29, 0.717) is 22.5 Å². The molecule has 0 atom stereocenters. The minimum atomic E-state index is -0.193. The molecule has 2 heterocycles. The van der Waals surface area contributed by atoms with Gasteiger partial charge in [-0.3, -0.25) is 4.98 Å². The average Bonchev–Trinajstić information content (AvgIpc) is 2.56. The first kappa shape index (κ1) is 17.9. The molecule has 26 heavy (non-hydrogen) atoms. The van der Waals surface area contributed by atoms with Crippen molar-refractivity contribution in [1.82, 2.24) is 15.0 Å². The zero-order valence-electron chi connectivity index (χ0n) is 14.8. The molecule has 3 aromatic rings. The first-order chi connectivity index (χ1) is 12.3. The van der Waals surface area contributed by atoms with Gasteiger partial charge >= 0.3 is 0 Å². The number of phenolic OH excluding ortho intramolecular Hbond substituents is 1. The topological polar surface area (TPSA) is 83.0 Å². The summed E-state index contributed by atoms with van der Waals surface area (Å²) in [6, 6.07) is 10.4. The van der Waals surface area contributed by atoms with Gasteiger partial charge < -0.3 is 15.7 Å². The Bertz CT molecular complexity index is 910. The third-order valence-electron chi connectivity index (χ3n) is 3.39. The van der Waals surface area contributed by atoms with Crippen LogP contribution in [0, 0.1) is 0 Å². The van der Waals surface area contributed by atoms with Gasteiger partial charge in [0.1, 0.15) is 11.6 Å². The van der Waals surface area contributed by atoms with Crippen LogP contribution in [0.4, 0.5) is 17.5 Å². The van der Waals surface area contributed by atoms with Crippen LogP contribution in [0.5, 0.6) is 5.75 Å². The van der Waals surface area contributed by atoms with E-state index in [0.717, 1.165) is 11.3 Å². The summed E-state index contributed by atoms with van der Waals surface area (Å²) < 4.78 is 0. The molecule has 0 amide bonds. The zero-order valence-corrected chi connectivity index (χ0v) is 15.5. The minimum Gasteiger partial charge on any atom is -0.508 e. The zero-order chi connectivity index (χ0) is 18.7. The van der Waals surface area contributed by atoms with Gasteiger partial charge in [-0.2, -0.15) is 4.98 Å². The van der Waals surface area contributed by atoms with Crippen LogP contribution in [0.3, 0.4) is 0 Å². The Labute approximate surface area is 157 Å². The third kappa shape index (κ3) is 4.61. The smallest absolute Gasteiger partial charge is 0.225 e. The summed E-state index contributed by atoms with van der Waals surface area (Å²) in [6.45, 7) is 6.12. The van der Waals surface area contributed by atoms with Crippen molar-refractivity contribution in [2.45, 2.75) is 26.3 Å². The Balaban J connectivity index is 2.01. The van der Waals surface area contributed by atoms with E-state index in [1.54, 1.807) is 24.5 Å².